The molecule has 7 nitrogen and oxygen atoms in total. The van der Waals surface area contributed by atoms with Crippen molar-refractivity contribution in [3.05, 3.63) is 59.0 Å². The number of ether oxygens (including phenoxy) is 1. The molecule has 2 amide bonds. The maximum Gasteiger partial charge on any atom is 0.331 e. The van der Waals surface area contributed by atoms with Gasteiger partial charge in [-0.15, -0.1) is 11.3 Å². The topological polar surface area (TPSA) is 84.4 Å². The fourth-order valence-electron chi connectivity index (χ4n) is 3.53. The normalized spacial score (nSPS) is 15.3. The summed E-state index contributed by atoms with van der Waals surface area (Å²) in [5.74, 6) is 1.24. The van der Waals surface area contributed by atoms with Crippen molar-refractivity contribution < 1.29 is 14.3 Å². The molecule has 3 aromatic heterocycles. The van der Waals surface area contributed by atoms with Crippen molar-refractivity contribution in [3.8, 4) is 5.88 Å². The van der Waals surface area contributed by atoms with Crippen LogP contribution in [0.4, 0.5) is 21.9 Å². The van der Waals surface area contributed by atoms with Crippen LogP contribution in [-0.4, -0.2) is 22.3 Å². The summed E-state index contributed by atoms with van der Waals surface area (Å²) >= 11 is 1.26. The van der Waals surface area contributed by atoms with Crippen LogP contribution in [0.15, 0.2) is 48.5 Å². The van der Waals surface area contributed by atoms with Crippen molar-refractivity contribution in [2.45, 2.75) is 19.8 Å². The number of aryl methyl sites for hydroxylation is 1. The Hall–Kier alpha value is -3.52. The number of nitrogens with one attached hydrogen (secondary N) is 1. The van der Waals surface area contributed by atoms with Gasteiger partial charge < -0.3 is 10.1 Å². The zero-order valence-corrected chi connectivity index (χ0v) is 16.3. The number of aldehydes is 1. The molecule has 1 aliphatic heterocycles. The number of hydrogen-bond donors (Lipinski definition) is 1. The largest absolute Gasteiger partial charge is 0.439 e. The first-order chi connectivity index (χ1) is 14.2. The molecule has 0 radical (unpaired) electrons. The SMILES string of the molecule is Cc1cc(OC2=CCCC=C2)ncc1N1C(=O)Nc2c(C=O)sc3nccc1c23. The second-order valence-electron chi connectivity index (χ2n) is 6.73. The van der Waals surface area contributed by atoms with Crippen molar-refractivity contribution in [1.29, 1.82) is 0 Å². The average Bonchev–Trinajstić information content (AvgIpc) is 3.09. The van der Waals surface area contributed by atoms with Gasteiger partial charge in [0.1, 0.15) is 10.6 Å². The van der Waals surface area contributed by atoms with Crippen molar-refractivity contribution >= 4 is 50.9 Å². The lowest BCUT2D eigenvalue weighted by Crippen LogP contribution is -2.34. The molecule has 0 bridgehead atoms. The molecule has 0 saturated heterocycles. The molecule has 1 aliphatic carbocycles. The number of anilines is 3. The van der Waals surface area contributed by atoms with Gasteiger partial charge in [-0.2, -0.15) is 0 Å². The maximum absolute atomic E-state index is 12.9. The Labute approximate surface area is 170 Å². The fraction of sp³-hybridized carbons (Fsp3) is 0.143. The number of pyridine rings is 2. The molecule has 144 valence electrons. The molecule has 29 heavy (non-hydrogen) atoms. The van der Waals surface area contributed by atoms with E-state index < -0.39 is 0 Å². The highest BCUT2D eigenvalue weighted by Crippen LogP contribution is 2.45. The first-order valence-corrected chi connectivity index (χ1v) is 9.96. The van der Waals surface area contributed by atoms with Crippen LogP contribution >= 0.6 is 11.3 Å². The third-order valence-corrected chi connectivity index (χ3v) is 5.89. The van der Waals surface area contributed by atoms with Gasteiger partial charge in [-0.25, -0.2) is 14.8 Å². The molecule has 0 atom stereocenters. The van der Waals surface area contributed by atoms with E-state index in [2.05, 4.69) is 21.4 Å². The van der Waals surface area contributed by atoms with Crippen molar-refractivity contribution in [2.75, 3.05) is 10.2 Å². The van der Waals surface area contributed by atoms with Gasteiger partial charge in [-0.3, -0.25) is 9.69 Å². The van der Waals surface area contributed by atoms with Crippen LogP contribution in [0.25, 0.3) is 10.2 Å². The Morgan fingerprint density at radius 3 is 2.93 bits per heavy atom. The summed E-state index contributed by atoms with van der Waals surface area (Å²) < 4.78 is 5.83. The second-order valence-corrected chi connectivity index (χ2v) is 7.76. The number of rotatable bonds is 4. The molecule has 0 fully saturated rings. The number of carbonyl (C=O) groups excluding carboxylic acids is 2. The summed E-state index contributed by atoms with van der Waals surface area (Å²) in [6.45, 7) is 1.90. The van der Waals surface area contributed by atoms with Crippen molar-refractivity contribution in [3.63, 3.8) is 0 Å². The Kier molecular flexibility index (Phi) is 4.13. The number of thiophene rings is 1. The van der Waals surface area contributed by atoms with E-state index in [4.69, 9.17) is 4.74 Å². The van der Waals surface area contributed by atoms with E-state index in [-0.39, 0.29) is 6.03 Å². The lowest BCUT2D eigenvalue weighted by atomic mass is 10.1. The quantitative estimate of drug-likeness (QED) is 0.611. The summed E-state index contributed by atoms with van der Waals surface area (Å²) in [7, 11) is 0. The second kappa shape index (κ2) is 6.82. The van der Waals surface area contributed by atoms with Gasteiger partial charge in [-0.1, -0.05) is 6.08 Å². The van der Waals surface area contributed by atoms with Gasteiger partial charge >= 0.3 is 6.03 Å². The summed E-state index contributed by atoms with van der Waals surface area (Å²) in [6.07, 6.45) is 12.0. The summed E-state index contributed by atoms with van der Waals surface area (Å²) in [5.41, 5.74) is 2.67. The van der Waals surface area contributed by atoms with E-state index >= 15 is 0 Å². The molecule has 0 unspecified atom stereocenters. The van der Waals surface area contributed by atoms with Gasteiger partial charge in [0.25, 0.3) is 0 Å². The molecule has 0 aromatic carbocycles. The predicted octanol–water partition coefficient (Wildman–Crippen LogP) is 5.11. The van der Waals surface area contributed by atoms with Gasteiger partial charge in [0.15, 0.2) is 6.29 Å². The summed E-state index contributed by atoms with van der Waals surface area (Å²) in [4.78, 5) is 35.8. The lowest BCUT2D eigenvalue weighted by Gasteiger charge is -2.29. The standard InChI is InChI=1S/C21H16N4O3S/c1-12-9-17(28-13-5-3-2-4-6-13)23-10-15(12)25-14-7-8-22-20-18(14)19(24-21(25)27)16(11-26)29-20/h3,5-11H,2,4H2,1H3,(H,24,27). The molecule has 5 rings (SSSR count). The first kappa shape index (κ1) is 17.6. The Bertz CT molecular complexity index is 1230. The van der Waals surface area contributed by atoms with Gasteiger partial charge in [-0.05, 0) is 43.5 Å². The Balaban J connectivity index is 1.56. The highest BCUT2D eigenvalue weighted by molar-refractivity contribution is 7.21. The number of carbonyl (C=O) groups is 2. The zero-order valence-electron chi connectivity index (χ0n) is 15.5. The monoisotopic (exact) mass is 404 g/mol. The van der Waals surface area contributed by atoms with Crippen molar-refractivity contribution in [2.24, 2.45) is 0 Å². The number of allylic oxidation sites excluding steroid dienone is 3. The molecule has 8 heteroatoms. The molecule has 2 aliphatic rings. The fourth-order valence-corrected chi connectivity index (χ4v) is 4.46. The molecule has 0 saturated carbocycles. The van der Waals surface area contributed by atoms with Crippen LogP contribution in [-0.2, 0) is 0 Å². The summed E-state index contributed by atoms with van der Waals surface area (Å²) in [6, 6.07) is 3.24. The zero-order chi connectivity index (χ0) is 20.0. The molecular weight excluding hydrogens is 388 g/mol. The molecule has 4 heterocycles. The minimum Gasteiger partial charge on any atom is -0.439 e. The third kappa shape index (κ3) is 2.89. The molecular formula is C21H16N4O3S. The molecule has 3 aromatic rings. The molecule has 0 spiro atoms. The average molecular weight is 404 g/mol. The van der Waals surface area contributed by atoms with E-state index in [1.54, 1.807) is 23.4 Å². The van der Waals surface area contributed by atoms with Gasteiger partial charge in [0.2, 0.25) is 5.88 Å². The van der Waals surface area contributed by atoms with Crippen LogP contribution in [0, 0.1) is 6.92 Å². The molecule has 1 N–H and O–H groups in total. The highest BCUT2D eigenvalue weighted by Gasteiger charge is 2.31. The number of urea groups is 1. The third-order valence-electron chi connectivity index (χ3n) is 4.86. The van der Waals surface area contributed by atoms with Crippen molar-refractivity contribution in [1.82, 2.24) is 9.97 Å². The number of hydrogen-bond acceptors (Lipinski definition) is 6. The smallest absolute Gasteiger partial charge is 0.331 e. The first-order valence-electron chi connectivity index (χ1n) is 9.14. The Morgan fingerprint density at radius 2 is 2.17 bits per heavy atom. The highest BCUT2D eigenvalue weighted by atomic mass is 32.1. The number of nitrogens with zero attached hydrogens (tertiary/aromatic N) is 3. The van der Waals surface area contributed by atoms with Crippen LogP contribution in [0.2, 0.25) is 0 Å². The van der Waals surface area contributed by atoms with Gasteiger partial charge in [0.05, 0.1) is 33.5 Å². The van der Waals surface area contributed by atoms with E-state index in [1.165, 1.54) is 11.3 Å². The van der Waals surface area contributed by atoms with E-state index in [0.29, 0.717) is 32.6 Å². The van der Waals surface area contributed by atoms with Gasteiger partial charge in [0, 0.05) is 12.3 Å². The lowest BCUT2D eigenvalue weighted by molar-refractivity contribution is 0.112. The van der Waals surface area contributed by atoms with E-state index in [9.17, 15) is 9.59 Å². The van der Waals surface area contributed by atoms with Crippen LogP contribution < -0.4 is 15.0 Å². The Morgan fingerprint density at radius 1 is 1.28 bits per heavy atom. The van der Waals surface area contributed by atoms with Crippen LogP contribution in [0.3, 0.4) is 0 Å². The van der Waals surface area contributed by atoms with E-state index in [0.717, 1.165) is 35.8 Å². The summed E-state index contributed by atoms with van der Waals surface area (Å²) in [5, 5.41) is 3.59. The van der Waals surface area contributed by atoms with E-state index in [1.807, 2.05) is 25.1 Å². The number of amides is 2. The maximum atomic E-state index is 12.9. The minimum absolute atomic E-state index is 0.344. The number of aromatic nitrogens is 2. The predicted molar refractivity (Wildman–Crippen MR) is 112 cm³/mol. The minimum atomic E-state index is -0.344. The van der Waals surface area contributed by atoms with Crippen LogP contribution in [0.1, 0.15) is 28.1 Å². The van der Waals surface area contributed by atoms with Crippen LogP contribution in [0.5, 0.6) is 5.88 Å².